The molecule has 2 rings (SSSR count). The van der Waals surface area contributed by atoms with E-state index >= 15 is 0 Å². The molecule has 0 unspecified atom stereocenters. The number of aromatic nitrogens is 4. The summed E-state index contributed by atoms with van der Waals surface area (Å²) in [5.41, 5.74) is 0.852. The van der Waals surface area contributed by atoms with Crippen molar-refractivity contribution in [3.63, 3.8) is 0 Å². The van der Waals surface area contributed by atoms with E-state index in [1.165, 1.54) is 4.68 Å². The smallest absolute Gasteiger partial charge is 0.257 e. The number of aryl methyl sites for hydroxylation is 1. The molecule has 0 aliphatic heterocycles. The van der Waals surface area contributed by atoms with Crippen molar-refractivity contribution < 1.29 is 8.78 Å². The second-order valence-corrected chi connectivity index (χ2v) is 4.28. The van der Waals surface area contributed by atoms with Crippen LogP contribution in [0.1, 0.15) is 18.9 Å². The van der Waals surface area contributed by atoms with Crippen molar-refractivity contribution in [1.29, 1.82) is 0 Å². The van der Waals surface area contributed by atoms with E-state index in [0.717, 1.165) is 24.3 Å². The lowest BCUT2D eigenvalue weighted by molar-refractivity contribution is 0.122. The summed E-state index contributed by atoms with van der Waals surface area (Å²) >= 11 is 0. The summed E-state index contributed by atoms with van der Waals surface area (Å²) in [6, 6.07) is 1.89. The van der Waals surface area contributed by atoms with Gasteiger partial charge in [0.2, 0.25) is 0 Å². The molecule has 0 fully saturated rings. The molecule has 0 radical (unpaired) electrons. The van der Waals surface area contributed by atoms with E-state index in [1.807, 2.05) is 16.9 Å². The van der Waals surface area contributed by atoms with E-state index < -0.39 is 6.43 Å². The van der Waals surface area contributed by atoms with Crippen molar-refractivity contribution >= 4 is 18.2 Å². The van der Waals surface area contributed by atoms with Crippen LogP contribution < -0.4 is 5.32 Å². The average Bonchev–Trinajstić information content (AvgIpc) is 2.96. The van der Waals surface area contributed by atoms with Gasteiger partial charge in [-0.3, -0.25) is 9.36 Å². The van der Waals surface area contributed by atoms with Gasteiger partial charge in [0, 0.05) is 37.1 Å². The molecule has 0 bridgehead atoms. The van der Waals surface area contributed by atoms with Gasteiger partial charge < -0.3 is 5.32 Å². The lowest BCUT2D eigenvalue weighted by atomic mass is 10.3. The molecule has 8 heteroatoms. The Morgan fingerprint density at radius 3 is 2.85 bits per heavy atom. The second kappa shape index (κ2) is 7.84. The van der Waals surface area contributed by atoms with Gasteiger partial charge in [-0.15, -0.1) is 12.4 Å². The van der Waals surface area contributed by atoms with Crippen LogP contribution in [0.2, 0.25) is 0 Å². The minimum absolute atomic E-state index is 0. The Morgan fingerprint density at radius 2 is 2.15 bits per heavy atom. The number of hydrogen-bond donors (Lipinski definition) is 1. The Morgan fingerprint density at radius 1 is 1.35 bits per heavy atom. The molecule has 0 atom stereocenters. The van der Waals surface area contributed by atoms with Crippen molar-refractivity contribution in [2.45, 2.75) is 39.4 Å². The maximum Gasteiger partial charge on any atom is 0.257 e. The molecule has 1 N–H and O–H groups in total. The van der Waals surface area contributed by atoms with Crippen LogP contribution >= 0.6 is 12.4 Å². The van der Waals surface area contributed by atoms with Gasteiger partial charge in [0.15, 0.2) is 0 Å². The Bertz CT molecular complexity index is 511. The van der Waals surface area contributed by atoms with Crippen LogP contribution in [-0.2, 0) is 19.6 Å². The SMILES string of the molecule is CCCn1ccc(NCc2cnn(CC(F)F)c2)n1.Cl. The van der Waals surface area contributed by atoms with E-state index in [2.05, 4.69) is 22.4 Å². The summed E-state index contributed by atoms with van der Waals surface area (Å²) in [6.45, 7) is 3.12. The summed E-state index contributed by atoms with van der Waals surface area (Å²) in [5, 5.41) is 11.3. The van der Waals surface area contributed by atoms with Crippen LogP contribution in [-0.4, -0.2) is 26.0 Å². The molecular formula is C12H18ClF2N5. The fourth-order valence-electron chi connectivity index (χ4n) is 1.74. The number of nitrogens with one attached hydrogen (secondary N) is 1. The first kappa shape index (κ1) is 16.4. The minimum Gasteiger partial charge on any atom is -0.364 e. The fraction of sp³-hybridized carbons (Fsp3) is 0.500. The fourth-order valence-corrected chi connectivity index (χ4v) is 1.74. The third-order valence-corrected chi connectivity index (χ3v) is 2.58. The molecule has 5 nitrogen and oxygen atoms in total. The maximum absolute atomic E-state index is 12.2. The highest BCUT2D eigenvalue weighted by Crippen LogP contribution is 2.07. The Labute approximate surface area is 122 Å². The largest absolute Gasteiger partial charge is 0.364 e. The lowest BCUT2D eigenvalue weighted by Gasteiger charge is -2.01. The Hall–Kier alpha value is -1.63. The molecule has 0 spiro atoms. The quantitative estimate of drug-likeness (QED) is 0.855. The normalized spacial score (nSPS) is 10.6. The van der Waals surface area contributed by atoms with Crippen LogP contribution in [0.15, 0.2) is 24.7 Å². The van der Waals surface area contributed by atoms with Gasteiger partial charge >= 0.3 is 0 Å². The lowest BCUT2D eigenvalue weighted by Crippen LogP contribution is -2.06. The van der Waals surface area contributed by atoms with Crippen molar-refractivity contribution in [2.75, 3.05) is 5.32 Å². The molecule has 0 amide bonds. The van der Waals surface area contributed by atoms with E-state index in [-0.39, 0.29) is 19.0 Å². The standard InChI is InChI=1S/C12H17F2N5.ClH/c1-2-4-18-5-3-12(17-18)15-6-10-7-16-19(8-10)9-11(13)14;/h3,5,7-8,11H,2,4,6,9H2,1H3,(H,15,17);1H. The first-order valence-electron chi connectivity index (χ1n) is 6.24. The summed E-state index contributed by atoms with van der Waals surface area (Å²) in [7, 11) is 0. The molecule has 0 aliphatic rings. The summed E-state index contributed by atoms with van der Waals surface area (Å²) in [6.07, 6.45) is 3.75. The van der Waals surface area contributed by atoms with Crippen LogP contribution in [0.5, 0.6) is 0 Å². The van der Waals surface area contributed by atoms with Crippen LogP contribution in [0, 0.1) is 0 Å². The zero-order valence-electron chi connectivity index (χ0n) is 11.2. The molecule has 112 valence electrons. The topological polar surface area (TPSA) is 47.7 Å². The Kier molecular flexibility index (Phi) is 6.44. The predicted octanol–water partition coefficient (Wildman–Crippen LogP) is 2.79. The zero-order valence-corrected chi connectivity index (χ0v) is 12.0. The molecule has 20 heavy (non-hydrogen) atoms. The number of nitrogens with zero attached hydrogens (tertiary/aromatic N) is 4. The molecule has 2 aromatic rings. The van der Waals surface area contributed by atoms with Crippen molar-refractivity contribution in [3.05, 3.63) is 30.2 Å². The highest BCUT2D eigenvalue weighted by Gasteiger charge is 2.06. The number of rotatable bonds is 7. The highest BCUT2D eigenvalue weighted by atomic mass is 35.5. The summed E-state index contributed by atoms with van der Waals surface area (Å²) < 4.78 is 27.4. The van der Waals surface area contributed by atoms with Crippen LogP contribution in [0.25, 0.3) is 0 Å². The van der Waals surface area contributed by atoms with Crippen molar-refractivity contribution in [2.24, 2.45) is 0 Å². The minimum atomic E-state index is -2.38. The molecule has 0 saturated heterocycles. The molecule has 0 aromatic carbocycles. The zero-order chi connectivity index (χ0) is 13.7. The maximum atomic E-state index is 12.2. The molecular weight excluding hydrogens is 288 g/mol. The third-order valence-electron chi connectivity index (χ3n) is 2.58. The third kappa shape index (κ3) is 4.80. The van der Waals surface area contributed by atoms with Gasteiger partial charge in [0.25, 0.3) is 6.43 Å². The van der Waals surface area contributed by atoms with Crippen molar-refractivity contribution in [1.82, 2.24) is 19.6 Å². The Balaban J connectivity index is 0.00000200. The highest BCUT2D eigenvalue weighted by molar-refractivity contribution is 5.85. The number of alkyl halides is 2. The van der Waals surface area contributed by atoms with Gasteiger partial charge in [-0.1, -0.05) is 6.92 Å². The van der Waals surface area contributed by atoms with E-state index in [4.69, 9.17) is 0 Å². The average molecular weight is 306 g/mol. The monoisotopic (exact) mass is 305 g/mol. The van der Waals surface area contributed by atoms with Crippen LogP contribution in [0.3, 0.4) is 0 Å². The predicted molar refractivity (Wildman–Crippen MR) is 75.3 cm³/mol. The van der Waals surface area contributed by atoms with E-state index in [1.54, 1.807) is 12.4 Å². The van der Waals surface area contributed by atoms with E-state index in [0.29, 0.717) is 6.54 Å². The molecule has 2 heterocycles. The molecule has 0 saturated carbocycles. The number of anilines is 1. The second-order valence-electron chi connectivity index (χ2n) is 4.28. The van der Waals surface area contributed by atoms with Gasteiger partial charge in [-0.25, -0.2) is 8.78 Å². The number of halogens is 3. The summed E-state index contributed by atoms with van der Waals surface area (Å²) in [4.78, 5) is 0. The van der Waals surface area contributed by atoms with Gasteiger partial charge in [-0.2, -0.15) is 10.2 Å². The molecule has 2 aromatic heterocycles. The molecule has 0 aliphatic carbocycles. The van der Waals surface area contributed by atoms with Crippen molar-refractivity contribution in [3.8, 4) is 0 Å². The van der Waals surface area contributed by atoms with Gasteiger partial charge in [0.05, 0.1) is 6.20 Å². The number of hydrogen-bond acceptors (Lipinski definition) is 3. The van der Waals surface area contributed by atoms with Gasteiger partial charge in [0.1, 0.15) is 12.4 Å². The van der Waals surface area contributed by atoms with E-state index in [9.17, 15) is 8.78 Å². The first-order chi connectivity index (χ1) is 9.17. The summed E-state index contributed by atoms with van der Waals surface area (Å²) in [5.74, 6) is 0.773. The first-order valence-corrected chi connectivity index (χ1v) is 6.24. The van der Waals surface area contributed by atoms with Gasteiger partial charge in [-0.05, 0) is 6.42 Å². The van der Waals surface area contributed by atoms with Crippen LogP contribution in [0.4, 0.5) is 14.6 Å².